The molecule has 214 valence electrons. The summed E-state index contributed by atoms with van der Waals surface area (Å²) in [5.41, 5.74) is 4.71. The molecule has 0 fully saturated rings. The van der Waals surface area contributed by atoms with Crippen molar-refractivity contribution in [1.29, 1.82) is 0 Å². The first-order valence-electron chi connectivity index (χ1n) is 12.9. The highest BCUT2D eigenvalue weighted by Gasteiger charge is 2.20. The Kier molecular flexibility index (Phi) is 8.90. The molecule has 0 radical (unpaired) electrons. The van der Waals surface area contributed by atoms with Crippen LogP contribution in [0.5, 0.6) is 5.75 Å². The standard InChI is InChI=1S/C32H23ClN4O5S/c1-19-10-14-21(15-11-19)35-29(38)23-6-2-4-8-25(23)36-30(39)31(40)37-34-18-20-12-16-22(17-13-20)42-32(41)28-27(33)24-7-3-5-9-26(24)43-28/h2-18H,1H3,(H,35,38)(H,36,39)(H,37,40)/b34-18-. The van der Waals surface area contributed by atoms with Gasteiger partial charge < -0.3 is 15.4 Å². The largest absolute Gasteiger partial charge is 0.422 e. The molecule has 1 aromatic heterocycles. The zero-order chi connectivity index (χ0) is 30.3. The van der Waals surface area contributed by atoms with Gasteiger partial charge in [0.2, 0.25) is 0 Å². The molecule has 0 aliphatic carbocycles. The number of hydrogen-bond donors (Lipinski definition) is 3. The summed E-state index contributed by atoms with van der Waals surface area (Å²) in [5, 5.41) is 10.2. The van der Waals surface area contributed by atoms with Crippen LogP contribution in [-0.2, 0) is 9.59 Å². The van der Waals surface area contributed by atoms with E-state index in [1.807, 2.05) is 43.3 Å². The van der Waals surface area contributed by atoms with Crippen molar-refractivity contribution >= 4 is 74.3 Å². The Balaban J connectivity index is 1.15. The smallest absolute Gasteiger partial charge is 0.355 e. The third-order valence-corrected chi connectivity index (χ3v) is 7.78. The summed E-state index contributed by atoms with van der Waals surface area (Å²) in [4.78, 5) is 50.6. The number of benzene rings is 4. The molecule has 43 heavy (non-hydrogen) atoms. The molecule has 5 aromatic rings. The number of carbonyl (C=O) groups excluding carboxylic acids is 4. The number of aryl methyl sites for hydroxylation is 1. The Hall–Kier alpha value is -5.32. The van der Waals surface area contributed by atoms with Gasteiger partial charge in [-0.1, -0.05) is 59.6 Å². The van der Waals surface area contributed by atoms with Crippen LogP contribution < -0.4 is 20.8 Å². The first kappa shape index (κ1) is 29.2. The molecule has 0 saturated carbocycles. The van der Waals surface area contributed by atoms with Gasteiger partial charge in [0, 0.05) is 15.8 Å². The maximum atomic E-state index is 12.8. The fraction of sp³-hybridized carbons (Fsp3) is 0.0312. The second-order valence-electron chi connectivity index (χ2n) is 9.22. The molecule has 0 saturated heterocycles. The zero-order valence-corrected chi connectivity index (χ0v) is 24.2. The van der Waals surface area contributed by atoms with E-state index < -0.39 is 23.7 Å². The molecule has 3 N–H and O–H groups in total. The normalized spacial score (nSPS) is 10.8. The number of hydrazone groups is 1. The van der Waals surface area contributed by atoms with Gasteiger partial charge in [-0.25, -0.2) is 10.2 Å². The average molecular weight is 611 g/mol. The Morgan fingerprint density at radius 1 is 0.814 bits per heavy atom. The van der Waals surface area contributed by atoms with E-state index in [2.05, 4.69) is 21.2 Å². The van der Waals surface area contributed by atoms with Crippen LogP contribution in [0.2, 0.25) is 5.02 Å². The fourth-order valence-electron chi connectivity index (χ4n) is 3.94. The number of para-hydroxylation sites is 1. The lowest BCUT2D eigenvalue weighted by Crippen LogP contribution is -2.33. The average Bonchev–Trinajstić information content (AvgIpc) is 3.35. The third kappa shape index (κ3) is 7.13. The number of hydrogen-bond acceptors (Lipinski definition) is 7. The van der Waals surface area contributed by atoms with Crippen LogP contribution in [0.4, 0.5) is 11.4 Å². The van der Waals surface area contributed by atoms with E-state index >= 15 is 0 Å². The molecule has 0 aliphatic heterocycles. The molecule has 0 unspecified atom stereocenters. The maximum Gasteiger partial charge on any atom is 0.355 e. The van der Waals surface area contributed by atoms with Crippen LogP contribution in [0.3, 0.4) is 0 Å². The van der Waals surface area contributed by atoms with Crippen molar-refractivity contribution in [3.63, 3.8) is 0 Å². The number of amides is 3. The second-order valence-corrected chi connectivity index (χ2v) is 10.6. The van der Waals surface area contributed by atoms with Crippen molar-refractivity contribution in [1.82, 2.24) is 5.43 Å². The number of esters is 1. The minimum absolute atomic E-state index is 0.165. The summed E-state index contributed by atoms with van der Waals surface area (Å²) in [6.07, 6.45) is 1.32. The van der Waals surface area contributed by atoms with Crippen molar-refractivity contribution in [2.24, 2.45) is 5.10 Å². The van der Waals surface area contributed by atoms with Crippen molar-refractivity contribution < 1.29 is 23.9 Å². The first-order valence-corrected chi connectivity index (χ1v) is 14.1. The molecule has 0 bridgehead atoms. The minimum Gasteiger partial charge on any atom is -0.422 e. The second kappa shape index (κ2) is 13.1. The topological polar surface area (TPSA) is 126 Å². The van der Waals surface area contributed by atoms with Crippen LogP contribution in [0, 0.1) is 6.92 Å². The maximum absolute atomic E-state index is 12.8. The van der Waals surface area contributed by atoms with E-state index in [0.717, 1.165) is 15.6 Å². The molecule has 4 aromatic carbocycles. The molecule has 0 spiro atoms. The molecule has 0 aliphatic rings. The summed E-state index contributed by atoms with van der Waals surface area (Å²) in [5.74, 6) is -2.76. The monoisotopic (exact) mass is 610 g/mol. The molecule has 5 rings (SSSR count). The zero-order valence-electron chi connectivity index (χ0n) is 22.6. The minimum atomic E-state index is -1.03. The van der Waals surface area contributed by atoms with Gasteiger partial charge in [-0.2, -0.15) is 5.10 Å². The number of rotatable bonds is 7. The number of halogens is 1. The number of carbonyl (C=O) groups is 4. The molecule has 11 heteroatoms. The van der Waals surface area contributed by atoms with Crippen LogP contribution in [0.15, 0.2) is 102 Å². The van der Waals surface area contributed by atoms with E-state index in [-0.39, 0.29) is 11.3 Å². The highest BCUT2D eigenvalue weighted by molar-refractivity contribution is 7.21. The van der Waals surface area contributed by atoms with E-state index in [1.54, 1.807) is 48.5 Å². The third-order valence-electron chi connectivity index (χ3n) is 6.13. The molecule has 0 atom stereocenters. The fourth-order valence-corrected chi connectivity index (χ4v) is 5.33. The van der Waals surface area contributed by atoms with E-state index in [0.29, 0.717) is 26.9 Å². The lowest BCUT2D eigenvalue weighted by molar-refractivity contribution is -0.136. The molecule has 3 amide bonds. The Morgan fingerprint density at radius 3 is 2.26 bits per heavy atom. The summed E-state index contributed by atoms with van der Waals surface area (Å²) < 4.78 is 6.34. The lowest BCUT2D eigenvalue weighted by atomic mass is 10.1. The lowest BCUT2D eigenvalue weighted by Gasteiger charge is -2.11. The number of thiophene rings is 1. The van der Waals surface area contributed by atoms with Crippen LogP contribution in [0.25, 0.3) is 10.1 Å². The first-order chi connectivity index (χ1) is 20.8. The summed E-state index contributed by atoms with van der Waals surface area (Å²) >= 11 is 7.61. The number of ether oxygens (including phenoxy) is 1. The van der Waals surface area contributed by atoms with Crippen molar-refractivity contribution in [2.45, 2.75) is 6.92 Å². The van der Waals surface area contributed by atoms with Crippen molar-refractivity contribution in [2.75, 3.05) is 10.6 Å². The molecule has 9 nitrogen and oxygen atoms in total. The number of anilines is 2. The van der Waals surface area contributed by atoms with E-state index in [9.17, 15) is 19.2 Å². The summed E-state index contributed by atoms with van der Waals surface area (Å²) in [6, 6.07) is 27.4. The number of nitrogens with zero attached hydrogens (tertiary/aromatic N) is 1. The summed E-state index contributed by atoms with van der Waals surface area (Å²) in [7, 11) is 0. The van der Waals surface area contributed by atoms with Crippen LogP contribution in [-0.4, -0.2) is 29.9 Å². The highest BCUT2D eigenvalue weighted by Crippen LogP contribution is 2.35. The Bertz CT molecular complexity index is 1870. The SMILES string of the molecule is Cc1ccc(NC(=O)c2ccccc2NC(=O)C(=O)N/N=C\c2ccc(OC(=O)c3sc4ccccc4c3Cl)cc2)cc1. The van der Waals surface area contributed by atoms with E-state index in [1.165, 1.54) is 29.7 Å². The van der Waals surface area contributed by atoms with Crippen LogP contribution >= 0.6 is 22.9 Å². The van der Waals surface area contributed by atoms with Gasteiger partial charge in [0.1, 0.15) is 10.6 Å². The van der Waals surface area contributed by atoms with Gasteiger partial charge in [-0.3, -0.25) is 14.4 Å². The van der Waals surface area contributed by atoms with E-state index in [4.69, 9.17) is 16.3 Å². The highest BCUT2D eigenvalue weighted by atomic mass is 35.5. The van der Waals surface area contributed by atoms with Crippen LogP contribution in [0.1, 0.15) is 31.2 Å². The predicted molar refractivity (Wildman–Crippen MR) is 168 cm³/mol. The quantitative estimate of drug-likeness (QED) is 0.0644. The van der Waals surface area contributed by atoms with Crippen molar-refractivity contribution in [3.8, 4) is 5.75 Å². The predicted octanol–water partition coefficient (Wildman–Crippen LogP) is 6.42. The van der Waals surface area contributed by atoms with Gasteiger partial charge >= 0.3 is 17.8 Å². The summed E-state index contributed by atoms with van der Waals surface area (Å²) in [6.45, 7) is 1.94. The molecular formula is C32H23ClN4O5S. The number of fused-ring (bicyclic) bond motifs is 1. The molecular weight excluding hydrogens is 588 g/mol. The Labute approximate surface area is 255 Å². The van der Waals surface area contributed by atoms with Gasteiger partial charge in [0.05, 0.1) is 22.5 Å². The number of nitrogens with one attached hydrogen (secondary N) is 3. The van der Waals surface area contributed by atoms with Gasteiger partial charge in [-0.15, -0.1) is 11.3 Å². The van der Waals surface area contributed by atoms with Crippen molar-refractivity contribution in [3.05, 3.63) is 124 Å². The Morgan fingerprint density at radius 2 is 1.51 bits per heavy atom. The van der Waals surface area contributed by atoms with Gasteiger partial charge in [0.15, 0.2) is 0 Å². The van der Waals surface area contributed by atoms with Gasteiger partial charge in [-0.05, 0) is 67.1 Å². The molecule has 1 heterocycles. The van der Waals surface area contributed by atoms with Gasteiger partial charge in [0.25, 0.3) is 5.91 Å².